The minimum Gasteiger partial charge on any atom is -0.324 e. The summed E-state index contributed by atoms with van der Waals surface area (Å²) in [7, 11) is -3.71. The third-order valence-electron chi connectivity index (χ3n) is 3.83. The van der Waals surface area contributed by atoms with Crippen LogP contribution in [0.15, 0.2) is 65.8 Å². The van der Waals surface area contributed by atoms with E-state index >= 15 is 0 Å². The van der Waals surface area contributed by atoms with Gasteiger partial charge in [0.15, 0.2) is 0 Å². The molecule has 26 heavy (non-hydrogen) atoms. The second-order valence-electron chi connectivity index (χ2n) is 5.63. The Kier molecular flexibility index (Phi) is 3.86. The van der Waals surface area contributed by atoms with Crippen LogP contribution in [0.3, 0.4) is 0 Å². The predicted octanol–water partition coefficient (Wildman–Crippen LogP) is 2.41. The maximum Gasteiger partial charge on any atom is 0.238 e. The monoisotopic (exact) mass is 366 g/mol. The molecule has 0 saturated carbocycles. The number of nitrogens with two attached hydrogens (primary N) is 1. The van der Waals surface area contributed by atoms with Crippen LogP contribution in [-0.2, 0) is 10.0 Å². The van der Waals surface area contributed by atoms with Crippen molar-refractivity contribution in [2.75, 3.05) is 5.32 Å². The third kappa shape index (κ3) is 3.25. The molecule has 4 aromatic rings. The van der Waals surface area contributed by atoms with Crippen LogP contribution in [0.2, 0.25) is 0 Å². The lowest BCUT2D eigenvalue weighted by atomic mass is 10.1. The Morgan fingerprint density at radius 3 is 2.54 bits per heavy atom. The summed E-state index contributed by atoms with van der Waals surface area (Å²) in [5.41, 5.74) is 3.36. The smallest absolute Gasteiger partial charge is 0.238 e. The normalized spacial score (nSPS) is 11.6. The van der Waals surface area contributed by atoms with Crippen LogP contribution in [0.4, 0.5) is 11.6 Å². The molecular formula is C17H14N6O2S. The minimum absolute atomic E-state index is 0.0498. The van der Waals surface area contributed by atoms with E-state index in [1.807, 2.05) is 24.3 Å². The van der Waals surface area contributed by atoms with Crippen molar-refractivity contribution < 1.29 is 8.42 Å². The van der Waals surface area contributed by atoms with Gasteiger partial charge in [-0.2, -0.15) is 5.10 Å². The molecule has 4 N–H and O–H groups in total. The van der Waals surface area contributed by atoms with Crippen molar-refractivity contribution in [3.8, 4) is 11.3 Å². The lowest BCUT2D eigenvalue weighted by Crippen LogP contribution is -2.11. The summed E-state index contributed by atoms with van der Waals surface area (Å²) in [6.45, 7) is 0. The Morgan fingerprint density at radius 2 is 1.85 bits per heavy atom. The molecular weight excluding hydrogens is 352 g/mol. The van der Waals surface area contributed by atoms with Crippen molar-refractivity contribution in [2.45, 2.75) is 4.90 Å². The van der Waals surface area contributed by atoms with E-state index in [0.29, 0.717) is 11.6 Å². The van der Waals surface area contributed by atoms with Crippen molar-refractivity contribution in [3.63, 3.8) is 0 Å². The Balaban J connectivity index is 1.60. The Bertz CT molecular complexity index is 1170. The highest BCUT2D eigenvalue weighted by atomic mass is 32.2. The molecule has 2 heterocycles. The lowest BCUT2D eigenvalue weighted by Gasteiger charge is -2.07. The van der Waals surface area contributed by atoms with Crippen molar-refractivity contribution in [3.05, 3.63) is 60.9 Å². The highest BCUT2D eigenvalue weighted by Gasteiger charge is 2.08. The topological polar surface area (TPSA) is 127 Å². The fourth-order valence-electron chi connectivity index (χ4n) is 2.53. The number of nitrogens with zero attached hydrogens (tertiary/aromatic N) is 3. The fraction of sp³-hybridized carbons (Fsp3) is 0. The Morgan fingerprint density at radius 1 is 1.04 bits per heavy atom. The number of hydrogen-bond donors (Lipinski definition) is 3. The van der Waals surface area contributed by atoms with Crippen LogP contribution >= 0.6 is 0 Å². The number of H-pyrrole nitrogens is 1. The van der Waals surface area contributed by atoms with Crippen molar-refractivity contribution in [2.24, 2.45) is 5.14 Å². The summed E-state index contributed by atoms with van der Waals surface area (Å²) in [4.78, 5) is 8.83. The summed E-state index contributed by atoms with van der Waals surface area (Å²) in [6, 6.07) is 13.8. The van der Waals surface area contributed by atoms with Gasteiger partial charge in [0.25, 0.3) is 0 Å². The first-order valence-electron chi connectivity index (χ1n) is 7.65. The van der Waals surface area contributed by atoms with Crippen LogP contribution in [-0.4, -0.2) is 28.6 Å². The number of hydrogen-bond acceptors (Lipinski definition) is 6. The number of benzene rings is 2. The lowest BCUT2D eigenvalue weighted by molar-refractivity contribution is 0.598. The second-order valence-corrected chi connectivity index (χ2v) is 7.19. The van der Waals surface area contributed by atoms with E-state index in [4.69, 9.17) is 5.14 Å². The van der Waals surface area contributed by atoms with Gasteiger partial charge >= 0.3 is 0 Å². The number of nitrogens with one attached hydrogen (secondary N) is 2. The van der Waals surface area contributed by atoms with Gasteiger partial charge in [0, 0.05) is 29.0 Å². The van der Waals surface area contributed by atoms with Gasteiger partial charge in [-0.3, -0.25) is 5.10 Å². The van der Waals surface area contributed by atoms with Gasteiger partial charge in [-0.15, -0.1) is 0 Å². The molecule has 0 bridgehead atoms. The molecule has 8 nitrogen and oxygen atoms in total. The molecule has 130 valence electrons. The molecule has 0 fully saturated rings. The zero-order chi connectivity index (χ0) is 18.1. The molecule has 4 rings (SSSR count). The highest BCUT2D eigenvalue weighted by molar-refractivity contribution is 7.89. The zero-order valence-corrected chi connectivity index (χ0v) is 14.2. The summed E-state index contributed by atoms with van der Waals surface area (Å²) < 4.78 is 22.6. The van der Waals surface area contributed by atoms with E-state index in [-0.39, 0.29) is 4.90 Å². The van der Waals surface area contributed by atoms with Crippen LogP contribution < -0.4 is 10.5 Å². The van der Waals surface area contributed by atoms with Gasteiger partial charge in [0.1, 0.15) is 0 Å². The summed E-state index contributed by atoms with van der Waals surface area (Å²) in [5, 5.41) is 15.9. The van der Waals surface area contributed by atoms with Crippen molar-refractivity contribution >= 4 is 32.6 Å². The standard InChI is InChI=1S/C17H14N6O2S/c18-26(24,25)14-4-2-13(3-5-14)21-17-19-10-12-9-11(1-6-15(12)22-17)16-7-8-20-23-16/h1-10H,(H,20,23)(H2,18,24,25)(H,19,21,22). The third-order valence-corrected chi connectivity index (χ3v) is 4.76. The molecule has 0 aliphatic carbocycles. The van der Waals surface area contributed by atoms with Crippen molar-refractivity contribution in [1.82, 2.24) is 20.2 Å². The molecule has 0 radical (unpaired) electrons. The van der Waals surface area contributed by atoms with Gasteiger partial charge in [-0.25, -0.2) is 23.5 Å². The zero-order valence-electron chi connectivity index (χ0n) is 13.4. The number of fused-ring (bicyclic) bond motifs is 1. The van der Waals surface area contributed by atoms with E-state index in [0.717, 1.165) is 22.2 Å². The molecule has 0 unspecified atom stereocenters. The number of rotatable bonds is 4. The molecule has 0 saturated heterocycles. The first-order valence-corrected chi connectivity index (χ1v) is 9.20. The van der Waals surface area contributed by atoms with Crippen LogP contribution in [0, 0.1) is 0 Å². The van der Waals surface area contributed by atoms with E-state index in [1.54, 1.807) is 24.5 Å². The molecule has 2 aromatic carbocycles. The Labute approximate surface area is 149 Å². The summed E-state index contributed by atoms with van der Waals surface area (Å²) >= 11 is 0. The van der Waals surface area contributed by atoms with Crippen molar-refractivity contribution in [1.29, 1.82) is 0 Å². The van der Waals surface area contributed by atoms with Crippen LogP contribution in [0.5, 0.6) is 0 Å². The van der Waals surface area contributed by atoms with E-state index < -0.39 is 10.0 Å². The van der Waals surface area contributed by atoms with E-state index in [9.17, 15) is 8.42 Å². The van der Waals surface area contributed by atoms with Gasteiger partial charge in [0.05, 0.1) is 16.1 Å². The first kappa shape index (κ1) is 16.2. The predicted molar refractivity (Wildman–Crippen MR) is 98.2 cm³/mol. The number of sulfonamides is 1. The average Bonchev–Trinajstić information content (AvgIpc) is 3.16. The maximum atomic E-state index is 11.3. The maximum absolute atomic E-state index is 11.3. The minimum atomic E-state index is -3.71. The molecule has 0 aliphatic rings. The summed E-state index contributed by atoms with van der Waals surface area (Å²) in [5.74, 6) is 0.412. The van der Waals surface area contributed by atoms with Gasteiger partial charge < -0.3 is 5.32 Å². The van der Waals surface area contributed by atoms with Gasteiger partial charge in [0.2, 0.25) is 16.0 Å². The molecule has 0 atom stereocenters. The van der Waals surface area contributed by atoms with E-state index in [2.05, 4.69) is 25.5 Å². The quantitative estimate of drug-likeness (QED) is 0.509. The second kappa shape index (κ2) is 6.21. The van der Waals surface area contributed by atoms with E-state index in [1.165, 1.54) is 12.1 Å². The molecule has 2 aromatic heterocycles. The summed E-state index contributed by atoms with van der Waals surface area (Å²) in [6.07, 6.45) is 3.42. The highest BCUT2D eigenvalue weighted by Crippen LogP contribution is 2.23. The SMILES string of the molecule is NS(=O)(=O)c1ccc(Nc2ncc3cc(-c4ccn[nH]4)ccc3n2)cc1. The number of aromatic nitrogens is 4. The number of anilines is 2. The molecule has 0 aliphatic heterocycles. The number of aromatic amines is 1. The van der Waals surface area contributed by atoms with Gasteiger partial charge in [-0.05, 0) is 42.5 Å². The molecule has 0 amide bonds. The van der Waals surface area contributed by atoms with Gasteiger partial charge in [-0.1, -0.05) is 6.07 Å². The van der Waals surface area contributed by atoms with Crippen LogP contribution in [0.1, 0.15) is 0 Å². The molecule has 0 spiro atoms. The van der Waals surface area contributed by atoms with Crippen LogP contribution in [0.25, 0.3) is 22.2 Å². The largest absolute Gasteiger partial charge is 0.324 e. The first-order chi connectivity index (χ1) is 12.5. The Hall–Kier alpha value is -3.30. The number of primary sulfonamides is 1. The fourth-order valence-corrected chi connectivity index (χ4v) is 3.05. The molecule has 9 heteroatoms. The average molecular weight is 366 g/mol.